The van der Waals surface area contributed by atoms with Crippen LogP contribution in [0.15, 0.2) is 60.7 Å². The third kappa shape index (κ3) is 4.88. The molecule has 3 aliphatic heterocycles. The number of halogens is 1. The average molecular weight is 592 g/mol. The monoisotopic (exact) mass is 591 g/mol. The van der Waals surface area contributed by atoms with Crippen LogP contribution >= 0.6 is 11.6 Å². The van der Waals surface area contributed by atoms with Crippen molar-refractivity contribution in [1.29, 1.82) is 0 Å². The van der Waals surface area contributed by atoms with Gasteiger partial charge in [-0.2, -0.15) is 0 Å². The number of hydrogen-bond donors (Lipinski definition) is 2. The fourth-order valence-corrected chi connectivity index (χ4v) is 7.48. The second-order valence-corrected chi connectivity index (χ2v) is 12.5. The third-order valence-corrected chi connectivity index (χ3v) is 9.94. The van der Waals surface area contributed by atoms with Gasteiger partial charge in [-0.1, -0.05) is 68.6 Å². The minimum Gasteiger partial charge on any atom is -0.494 e. The minimum absolute atomic E-state index is 0.0101. The quantitative estimate of drug-likeness (QED) is 0.423. The lowest BCUT2D eigenvalue weighted by atomic mass is 9.73. The summed E-state index contributed by atoms with van der Waals surface area (Å²) < 4.78 is 12.4. The summed E-state index contributed by atoms with van der Waals surface area (Å²) in [7, 11) is 0. The van der Waals surface area contributed by atoms with Gasteiger partial charge in [0.2, 0.25) is 17.7 Å². The summed E-state index contributed by atoms with van der Waals surface area (Å²) in [6.07, 6.45) is 6.15. The summed E-state index contributed by atoms with van der Waals surface area (Å²) in [6.45, 7) is 6.95. The van der Waals surface area contributed by atoms with Crippen LogP contribution < -0.4 is 15.4 Å². The Morgan fingerprint density at radius 2 is 1.86 bits per heavy atom. The van der Waals surface area contributed by atoms with E-state index in [1.165, 1.54) is 0 Å². The van der Waals surface area contributed by atoms with Crippen LogP contribution in [-0.2, 0) is 25.7 Å². The molecule has 9 heteroatoms. The highest BCUT2D eigenvalue weighted by molar-refractivity contribution is 6.30. The van der Waals surface area contributed by atoms with E-state index in [0.717, 1.165) is 24.8 Å². The second-order valence-electron chi connectivity index (χ2n) is 12.1. The largest absolute Gasteiger partial charge is 0.494 e. The Morgan fingerprint density at radius 1 is 1.10 bits per heavy atom. The lowest BCUT2D eigenvalue weighted by molar-refractivity contribution is -0.142. The molecule has 42 heavy (non-hydrogen) atoms. The molecule has 3 heterocycles. The van der Waals surface area contributed by atoms with Crippen molar-refractivity contribution in [3.8, 4) is 5.75 Å². The second kappa shape index (κ2) is 11.4. The van der Waals surface area contributed by atoms with Gasteiger partial charge < -0.3 is 25.0 Å². The number of likely N-dealkylation sites (tertiary alicyclic amines) is 1. The number of hydrogen-bond acceptors (Lipinski definition) is 5. The van der Waals surface area contributed by atoms with E-state index in [9.17, 15) is 14.4 Å². The zero-order valence-corrected chi connectivity index (χ0v) is 25.0. The maximum absolute atomic E-state index is 14.4. The molecule has 2 N–H and O–H groups in total. The predicted molar refractivity (Wildman–Crippen MR) is 160 cm³/mol. The fraction of sp³-hybridized carbons (Fsp3) is 0.485. The number of anilines is 1. The summed E-state index contributed by atoms with van der Waals surface area (Å²) >= 11 is 6.03. The Kier molecular flexibility index (Phi) is 7.79. The molecule has 8 nitrogen and oxygen atoms in total. The minimum atomic E-state index is -1.24. The third-order valence-electron chi connectivity index (χ3n) is 9.68. The van der Waals surface area contributed by atoms with E-state index >= 15 is 0 Å². The molecular formula is C33H38ClN3O5. The number of carbonyl (C=O) groups excluding carboxylic acids is 3. The fourth-order valence-electron chi connectivity index (χ4n) is 7.36. The van der Waals surface area contributed by atoms with E-state index in [1.807, 2.05) is 43.3 Å². The van der Waals surface area contributed by atoms with Crippen molar-refractivity contribution < 1.29 is 23.9 Å². The molecule has 2 aromatic carbocycles. The summed E-state index contributed by atoms with van der Waals surface area (Å²) in [4.78, 5) is 44.0. The Morgan fingerprint density at radius 3 is 2.62 bits per heavy atom. The first kappa shape index (κ1) is 28.7. The van der Waals surface area contributed by atoms with Crippen LogP contribution in [0.4, 0.5) is 5.69 Å². The van der Waals surface area contributed by atoms with Gasteiger partial charge >= 0.3 is 0 Å². The molecule has 2 aromatic rings. The van der Waals surface area contributed by atoms with Crippen LogP contribution in [0.2, 0.25) is 5.02 Å². The maximum Gasteiger partial charge on any atom is 0.246 e. The molecule has 3 amide bonds. The number of fused-ring (bicyclic) bond motifs is 1. The first-order valence-electron chi connectivity index (χ1n) is 15.0. The molecule has 1 aliphatic carbocycles. The highest BCUT2D eigenvalue weighted by atomic mass is 35.5. The molecule has 0 radical (unpaired) electrons. The topological polar surface area (TPSA) is 97.0 Å². The Bertz CT molecular complexity index is 1400. The predicted octanol–water partition coefficient (Wildman–Crippen LogP) is 4.97. The molecule has 4 aliphatic rings. The molecule has 2 bridgehead atoms. The van der Waals surface area contributed by atoms with E-state index in [0.29, 0.717) is 34.9 Å². The number of carbonyl (C=O) groups is 3. The van der Waals surface area contributed by atoms with E-state index < -0.39 is 29.6 Å². The molecule has 8 atom stereocenters. The van der Waals surface area contributed by atoms with Crippen molar-refractivity contribution in [3.05, 3.63) is 71.3 Å². The molecule has 0 aromatic heterocycles. The number of benzene rings is 2. The lowest BCUT2D eigenvalue weighted by Crippen LogP contribution is -2.57. The Hall–Kier alpha value is -3.36. The van der Waals surface area contributed by atoms with Gasteiger partial charge in [-0.05, 0) is 55.5 Å². The zero-order chi connectivity index (χ0) is 29.6. The first-order chi connectivity index (χ1) is 20.2. The first-order valence-corrected chi connectivity index (χ1v) is 15.4. The van der Waals surface area contributed by atoms with Crippen molar-refractivity contribution in [2.45, 2.75) is 70.4 Å². The number of amides is 3. The molecule has 2 saturated heterocycles. The standard InChI is InChI=1S/C33H38ClN3O5/c1-4-41-25-11-6-5-9-21(25)18-37-29(31(39)36-24-10-7-8-19(2)20(24)3)33-17-16-26(42-33)27(28(33)32(37)40)30(38)35-23-14-12-22(34)13-15-23/h5-6,9,11-17,19-20,24,26-29H,4,7-8,10,18H2,1-3H3,(H,35,38)(H,36,39)/t19-,20+,24-,26+,27-,28+,29+,33+/m1/s1. The van der Waals surface area contributed by atoms with Gasteiger partial charge in [0, 0.05) is 22.3 Å². The summed E-state index contributed by atoms with van der Waals surface area (Å²) in [5.41, 5.74) is 0.132. The van der Waals surface area contributed by atoms with Crippen LogP contribution in [0.25, 0.3) is 0 Å². The zero-order valence-electron chi connectivity index (χ0n) is 24.2. The van der Waals surface area contributed by atoms with Gasteiger partial charge in [0.15, 0.2) is 0 Å². The number of nitrogens with one attached hydrogen (secondary N) is 2. The number of rotatable bonds is 8. The van der Waals surface area contributed by atoms with E-state index in [1.54, 1.807) is 29.2 Å². The normalized spacial score (nSPS) is 33.0. The molecule has 1 saturated carbocycles. The SMILES string of the molecule is CCOc1ccccc1CN1C(=O)[C@@H]2[C@H](C(=O)Nc3ccc(Cl)cc3)[C@@H]3C=C[C@@]2(O3)[C@@H]1C(=O)N[C@@H]1CCC[C@@H](C)[C@@H]1C. The van der Waals surface area contributed by atoms with Crippen molar-refractivity contribution in [2.75, 3.05) is 11.9 Å². The number of nitrogens with zero attached hydrogens (tertiary/aromatic N) is 1. The van der Waals surface area contributed by atoms with Gasteiger partial charge in [-0.15, -0.1) is 0 Å². The van der Waals surface area contributed by atoms with Crippen LogP contribution in [-0.4, -0.2) is 53.0 Å². The van der Waals surface area contributed by atoms with Crippen molar-refractivity contribution >= 4 is 35.0 Å². The van der Waals surface area contributed by atoms with Crippen molar-refractivity contribution in [1.82, 2.24) is 10.2 Å². The average Bonchev–Trinajstić information content (AvgIpc) is 3.61. The molecule has 0 unspecified atom stereocenters. The smallest absolute Gasteiger partial charge is 0.246 e. The van der Waals surface area contributed by atoms with Gasteiger partial charge in [0.1, 0.15) is 17.4 Å². The van der Waals surface area contributed by atoms with Crippen molar-refractivity contribution in [3.63, 3.8) is 0 Å². The molecule has 6 rings (SSSR count). The highest BCUT2D eigenvalue weighted by Crippen LogP contribution is 2.55. The Balaban J connectivity index is 1.34. The van der Waals surface area contributed by atoms with Crippen LogP contribution in [0, 0.1) is 23.7 Å². The van der Waals surface area contributed by atoms with E-state index in [4.69, 9.17) is 21.1 Å². The molecule has 222 valence electrons. The summed E-state index contributed by atoms with van der Waals surface area (Å²) in [5, 5.41) is 6.80. The lowest BCUT2D eigenvalue weighted by Gasteiger charge is -2.38. The van der Waals surface area contributed by atoms with Crippen LogP contribution in [0.3, 0.4) is 0 Å². The van der Waals surface area contributed by atoms with Gasteiger partial charge in [0.05, 0.1) is 31.1 Å². The van der Waals surface area contributed by atoms with Crippen LogP contribution in [0.5, 0.6) is 5.75 Å². The van der Waals surface area contributed by atoms with Gasteiger partial charge in [-0.25, -0.2) is 0 Å². The Labute approximate surface area is 251 Å². The van der Waals surface area contributed by atoms with Crippen LogP contribution in [0.1, 0.15) is 45.6 Å². The molecule has 1 spiro atoms. The molecular weight excluding hydrogens is 554 g/mol. The number of para-hydroxylation sites is 1. The number of ether oxygens (including phenoxy) is 2. The van der Waals surface area contributed by atoms with Gasteiger partial charge in [-0.3, -0.25) is 14.4 Å². The van der Waals surface area contributed by atoms with Crippen molar-refractivity contribution in [2.24, 2.45) is 23.7 Å². The summed E-state index contributed by atoms with van der Waals surface area (Å²) in [5.74, 6) is -0.981. The van der Waals surface area contributed by atoms with Gasteiger partial charge in [0.25, 0.3) is 0 Å². The maximum atomic E-state index is 14.4. The van der Waals surface area contributed by atoms with E-state index in [-0.39, 0.29) is 30.3 Å². The van der Waals surface area contributed by atoms with E-state index in [2.05, 4.69) is 24.5 Å². The highest BCUT2D eigenvalue weighted by Gasteiger charge is 2.72. The summed E-state index contributed by atoms with van der Waals surface area (Å²) in [6, 6.07) is 13.5. The molecule has 3 fully saturated rings.